The lowest BCUT2D eigenvalue weighted by molar-refractivity contribution is 0.0393. The summed E-state index contributed by atoms with van der Waals surface area (Å²) in [6, 6.07) is 15.0. The molecule has 1 unspecified atom stereocenters. The van der Waals surface area contributed by atoms with Gasteiger partial charge in [-0.15, -0.1) is 0 Å². The van der Waals surface area contributed by atoms with Crippen molar-refractivity contribution in [3.05, 3.63) is 70.8 Å². The van der Waals surface area contributed by atoms with Crippen molar-refractivity contribution >= 4 is 66.7 Å². The molecule has 6 nitrogen and oxygen atoms in total. The van der Waals surface area contributed by atoms with E-state index in [0.29, 0.717) is 45.4 Å². The zero-order valence-electron chi connectivity index (χ0n) is 28.1. The molecule has 1 atom stereocenters. The van der Waals surface area contributed by atoms with Crippen LogP contribution in [-0.2, 0) is 0 Å². The molecule has 0 saturated carbocycles. The number of imide groups is 2. The molecular formula is C40H42N2O4. The molecule has 46 heavy (non-hydrogen) atoms. The van der Waals surface area contributed by atoms with Crippen LogP contribution < -0.4 is 0 Å². The molecule has 4 amide bonds. The third-order valence-electron chi connectivity index (χ3n) is 10.9. The average Bonchev–Trinajstić information content (AvgIpc) is 3.00. The summed E-state index contributed by atoms with van der Waals surface area (Å²) in [7, 11) is 0. The van der Waals surface area contributed by atoms with Gasteiger partial charge in [-0.3, -0.25) is 29.0 Å². The fraction of sp³-hybridized carbons (Fsp3) is 0.400. The van der Waals surface area contributed by atoms with Gasteiger partial charge in [-0.2, -0.15) is 0 Å². The Bertz CT molecular complexity index is 2030. The highest BCUT2D eigenvalue weighted by atomic mass is 16.2. The molecule has 0 bridgehead atoms. The lowest BCUT2D eigenvalue weighted by Gasteiger charge is -2.41. The fourth-order valence-corrected chi connectivity index (χ4v) is 7.96. The summed E-state index contributed by atoms with van der Waals surface area (Å²) in [4.78, 5) is 59.0. The quantitative estimate of drug-likeness (QED) is 0.0992. The summed E-state index contributed by atoms with van der Waals surface area (Å²) in [5.74, 6) is -0.693. The first-order chi connectivity index (χ1) is 21.7. The molecule has 0 radical (unpaired) electrons. The first kappa shape index (κ1) is 30.3. The Kier molecular flexibility index (Phi) is 6.65. The minimum absolute atomic E-state index is 0.117. The maximum absolute atomic E-state index is 14.2. The first-order valence-electron chi connectivity index (χ1n) is 16.7. The second-order valence-corrected chi connectivity index (χ2v) is 15.4. The Morgan fingerprint density at radius 3 is 1.33 bits per heavy atom. The third kappa shape index (κ3) is 4.14. The van der Waals surface area contributed by atoms with Gasteiger partial charge in [0.25, 0.3) is 23.6 Å². The fourth-order valence-electron chi connectivity index (χ4n) is 7.96. The van der Waals surface area contributed by atoms with E-state index in [-0.39, 0.29) is 35.1 Å². The minimum atomic E-state index is -0.655. The van der Waals surface area contributed by atoms with E-state index in [1.54, 1.807) is 0 Å². The lowest BCUT2D eigenvalue weighted by atomic mass is 9.79. The molecule has 6 heteroatoms. The van der Waals surface area contributed by atoms with Gasteiger partial charge < -0.3 is 0 Å². The standard InChI is InChI=1S/C40H42N2O4/c1-9-39(5,6)18-19-40(7,8)42-37(45)29-16-12-25-23-10-14-27-33-28(36(44)41(35(27)43)22(4)20-21(2)3)15-11-24(31(23)33)26-13-17-30(38(42)46)34(29)32(25)26/h10-17,21-22H,9,18-20H2,1-8H3. The predicted molar refractivity (Wildman–Crippen MR) is 185 cm³/mol. The molecule has 2 heterocycles. The van der Waals surface area contributed by atoms with Crippen LogP contribution >= 0.6 is 0 Å². The van der Waals surface area contributed by atoms with Gasteiger partial charge in [0.2, 0.25) is 0 Å². The van der Waals surface area contributed by atoms with Crippen molar-refractivity contribution in [2.75, 3.05) is 0 Å². The SMILES string of the molecule is CCC(C)(C)CCC(C)(C)N1C(=O)c2ccc3c4ccc5c6c(ccc(c7ccc(c2c37)C1=O)c64)C(=O)N(C(C)CC(C)C)C5=O. The largest absolute Gasteiger partial charge is 0.272 e. The van der Waals surface area contributed by atoms with E-state index >= 15 is 0 Å². The third-order valence-corrected chi connectivity index (χ3v) is 10.9. The van der Waals surface area contributed by atoms with Gasteiger partial charge >= 0.3 is 0 Å². The molecule has 0 fully saturated rings. The number of nitrogens with zero attached hydrogens (tertiary/aromatic N) is 2. The molecule has 5 aromatic carbocycles. The zero-order chi connectivity index (χ0) is 33.0. The Morgan fingerprint density at radius 1 is 0.565 bits per heavy atom. The van der Waals surface area contributed by atoms with Crippen molar-refractivity contribution in [3.8, 4) is 0 Å². The van der Waals surface area contributed by atoms with E-state index in [9.17, 15) is 19.2 Å². The van der Waals surface area contributed by atoms with Gasteiger partial charge in [0.05, 0.1) is 0 Å². The van der Waals surface area contributed by atoms with Gasteiger partial charge in [-0.1, -0.05) is 65.3 Å². The summed E-state index contributed by atoms with van der Waals surface area (Å²) in [6.45, 7) is 16.7. The van der Waals surface area contributed by atoms with E-state index in [2.05, 4.69) is 34.6 Å². The van der Waals surface area contributed by atoms with E-state index < -0.39 is 5.54 Å². The Labute approximate surface area is 270 Å². The Hall–Kier alpha value is -4.32. The molecule has 0 aliphatic carbocycles. The second kappa shape index (κ2) is 10.1. The normalized spacial score (nSPS) is 16.4. The highest BCUT2D eigenvalue weighted by Gasteiger charge is 2.43. The smallest absolute Gasteiger partial charge is 0.261 e. The van der Waals surface area contributed by atoms with Crippen LogP contribution in [0.1, 0.15) is 123 Å². The van der Waals surface area contributed by atoms with Crippen molar-refractivity contribution < 1.29 is 19.2 Å². The van der Waals surface area contributed by atoms with Gasteiger partial charge in [0.1, 0.15) is 0 Å². The maximum Gasteiger partial charge on any atom is 0.261 e. The summed E-state index contributed by atoms with van der Waals surface area (Å²) in [6.07, 6.45) is 3.37. The van der Waals surface area contributed by atoms with E-state index in [1.807, 2.05) is 69.3 Å². The Morgan fingerprint density at radius 2 is 0.957 bits per heavy atom. The van der Waals surface area contributed by atoms with Gasteiger partial charge in [-0.25, -0.2) is 0 Å². The summed E-state index contributed by atoms with van der Waals surface area (Å²) >= 11 is 0. The molecule has 7 rings (SSSR count). The van der Waals surface area contributed by atoms with Crippen LogP contribution in [0.3, 0.4) is 0 Å². The molecular weight excluding hydrogens is 572 g/mol. The number of amides is 4. The van der Waals surface area contributed by atoms with Crippen LogP contribution in [0.2, 0.25) is 0 Å². The molecule has 0 spiro atoms. The van der Waals surface area contributed by atoms with Crippen molar-refractivity contribution in [1.82, 2.24) is 9.80 Å². The van der Waals surface area contributed by atoms with Crippen LogP contribution in [0, 0.1) is 11.3 Å². The number of carbonyl (C=O) groups excluding carboxylic acids is 4. The predicted octanol–water partition coefficient (Wildman–Crippen LogP) is 9.36. The molecule has 0 aromatic heterocycles. The minimum Gasteiger partial charge on any atom is -0.272 e. The summed E-state index contributed by atoms with van der Waals surface area (Å²) < 4.78 is 0. The number of hydrogen-bond acceptors (Lipinski definition) is 4. The maximum atomic E-state index is 14.2. The van der Waals surface area contributed by atoms with Crippen molar-refractivity contribution in [2.45, 2.75) is 92.7 Å². The number of carbonyl (C=O) groups is 4. The molecule has 2 aliphatic rings. The van der Waals surface area contributed by atoms with Crippen molar-refractivity contribution in [2.24, 2.45) is 11.3 Å². The van der Waals surface area contributed by atoms with Crippen LogP contribution in [0.15, 0.2) is 48.5 Å². The highest BCUT2D eigenvalue weighted by molar-refractivity contribution is 6.41. The molecule has 236 valence electrons. The van der Waals surface area contributed by atoms with Crippen molar-refractivity contribution in [1.29, 1.82) is 0 Å². The van der Waals surface area contributed by atoms with Crippen LogP contribution in [0.5, 0.6) is 0 Å². The molecule has 2 aliphatic heterocycles. The van der Waals surface area contributed by atoms with Gasteiger partial charge in [0, 0.05) is 44.6 Å². The van der Waals surface area contributed by atoms with E-state index in [1.165, 1.54) is 9.80 Å². The zero-order valence-corrected chi connectivity index (χ0v) is 28.1. The number of rotatable bonds is 8. The lowest BCUT2D eigenvalue weighted by Crippen LogP contribution is -2.53. The van der Waals surface area contributed by atoms with Gasteiger partial charge in [-0.05, 0) is 108 Å². The molecule has 5 aromatic rings. The second-order valence-electron chi connectivity index (χ2n) is 15.4. The number of fused-ring (bicyclic) bond motifs is 2. The van der Waals surface area contributed by atoms with Crippen LogP contribution in [0.25, 0.3) is 43.1 Å². The number of hydrogen-bond donors (Lipinski definition) is 0. The summed E-state index contributed by atoms with van der Waals surface area (Å²) in [5.41, 5.74) is 1.60. The van der Waals surface area contributed by atoms with Crippen molar-refractivity contribution in [3.63, 3.8) is 0 Å². The monoisotopic (exact) mass is 614 g/mol. The van der Waals surface area contributed by atoms with E-state index in [4.69, 9.17) is 0 Å². The highest BCUT2D eigenvalue weighted by Crippen LogP contribution is 2.47. The first-order valence-corrected chi connectivity index (χ1v) is 16.7. The molecule has 0 saturated heterocycles. The molecule has 0 N–H and O–H groups in total. The van der Waals surface area contributed by atoms with Gasteiger partial charge in [0.15, 0.2) is 0 Å². The average molecular weight is 615 g/mol. The van der Waals surface area contributed by atoms with Crippen LogP contribution in [0.4, 0.5) is 0 Å². The summed E-state index contributed by atoms with van der Waals surface area (Å²) in [5, 5.41) is 6.73. The van der Waals surface area contributed by atoms with E-state index in [0.717, 1.165) is 51.6 Å². The Balaban J connectivity index is 1.42. The topological polar surface area (TPSA) is 74.8 Å². The number of benzene rings is 5. The van der Waals surface area contributed by atoms with Crippen LogP contribution in [-0.4, -0.2) is 45.0 Å².